The molecule has 1 rings (SSSR count). The van der Waals surface area contributed by atoms with E-state index in [2.05, 4.69) is 43.8 Å². The average Bonchev–Trinajstić information content (AvgIpc) is 2.27. The summed E-state index contributed by atoms with van der Waals surface area (Å²) in [5.41, 5.74) is 0.931. The Morgan fingerprint density at radius 3 is 2.17 bits per heavy atom. The maximum Gasteiger partial charge on any atom is 0.193 e. The Morgan fingerprint density at radius 2 is 1.78 bits per heavy atom. The number of alkyl halides is 1. The van der Waals surface area contributed by atoms with Gasteiger partial charge >= 0.3 is 0 Å². The highest BCUT2D eigenvalue weighted by atomic mass is 35.5. The zero-order valence-electron chi connectivity index (χ0n) is 12.1. The fourth-order valence-electron chi connectivity index (χ4n) is 1.32. The lowest BCUT2D eigenvalue weighted by Gasteiger charge is -2.38. The highest BCUT2D eigenvalue weighted by molar-refractivity contribution is 6.74. The fraction of sp³-hybridized carbons (Fsp3) is 0.692. The van der Waals surface area contributed by atoms with Gasteiger partial charge in [-0.15, -0.1) is 11.6 Å². The first-order valence-electron chi connectivity index (χ1n) is 6.22. The normalized spacial score (nSPS) is 14.6. The summed E-state index contributed by atoms with van der Waals surface area (Å²) >= 11 is 5.72. The van der Waals surface area contributed by atoms with Crippen molar-refractivity contribution in [2.24, 2.45) is 0 Å². The van der Waals surface area contributed by atoms with E-state index in [4.69, 9.17) is 16.0 Å². The van der Waals surface area contributed by atoms with Crippen LogP contribution >= 0.6 is 11.6 Å². The van der Waals surface area contributed by atoms with Gasteiger partial charge in [-0.1, -0.05) is 20.8 Å². The minimum Gasteiger partial charge on any atom is -0.407 e. The number of hydrogen-bond donors (Lipinski definition) is 0. The van der Waals surface area contributed by atoms with E-state index < -0.39 is 8.32 Å². The van der Waals surface area contributed by atoms with Gasteiger partial charge in [-0.2, -0.15) is 0 Å². The monoisotopic (exact) mass is 286 g/mol. The van der Waals surface area contributed by atoms with Gasteiger partial charge in [0.05, 0.1) is 5.88 Å². The Balaban J connectivity index is 2.78. The third-order valence-electron chi connectivity index (χ3n) is 3.52. The molecule has 0 saturated carbocycles. The Bertz CT molecular complexity index is 387. The molecule has 1 aromatic rings. The standard InChI is InChI=1S/C13H23ClN2OSi/c1-10(17-18(5,6)13(2,3)4)12-15-8-11(7-14)9-16-12/h8-10H,7H2,1-6H3. The van der Waals surface area contributed by atoms with E-state index in [0.717, 1.165) is 11.4 Å². The molecule has 1 atom stereocenters. The predicted octanol–water partition coefficient (Wildman–Crippen LogP) is 4.30. The Hall–Kier alpha value is -0.453. The Labute approximate surface area is 116 Å². The summed E-state index contributed by atoms with van der Waals surface area (Å²) < 4.78 is 6.24. The summed E-state index contributed by atoms with van der Waals surface area (Å²) in [6.45, 7) is 13.2. The molecule has 1 aromatic heterocycles. The second-order valence-electron chi connectivity index (χ2n) is 6.10. The van der Waals surface area contributed by atoms with Gasteiger partial charge in [0.2, 0.25) is 0 Å². The molecule has 0 aliphatic carbocycles. The smallest absolute Gasteiger partial charge is 0.193 e. The van der Waals surface area contributed by atoms with Gasteiger partial charge in [-0.05, 0) is 25.1 Å². The van der Waals surface area contributed by atoms with Crippen LogP contribution in [0.25, 0.3) is 0 Å². The lowest BCUT2D eigenvalue weighted by Crippen LogP contribution is -2.41. The molecule has 0 radical (unpaired) electrons. The lowest BCUT2D eigenvalue weighted by atomic mass is 10.2. The third kappa shape index (κ3) is 3.77. The number of aromatic nitrogens is 2. The molecule has 0 N–H and O–H groups in total. The van der Waals surface area contributed by atoms with E-state index >= 15 is 0 Å². The van der Waals surface area contributed by atoms with Crippen molar-refractivity contribution in [2.75, 3.05) is 0 Å². The molecule has 102 valence electrons. The summed E-state index contributed by atoms with van der Waals surface area (Å²) in [6.07, 6.45) is 3.46. The molecule has 0 spiro atoms. The zero-order chi connectivity index (χ0) is 14.0. The van der Waals surface area contributed by atoms with Crippen LogP contribution in [0.4, 0.5) is 0 Å². The van der Waals surface area contributed by atoms with Gasteiger partial charge in [0.25, 0.3) is 0 Å². The second kappa shape index (κ2) is 5.68. The molecule has 1 unspecified atom stereocenters. The number of halogens is 1. The Kier molecular flexibility index (Phi) is 4.92. The minimum absolute atomic E-state index is 0.0738. The van der Waals surface area contributed by atoms with Crippen molar-refractivity contribution in [2.45, 2.75) is 57.8 Å². The molecule has 0 fully saturated rings. The van der Waals surface area contributed by atoms with Crippen LogP contribution in [-0.4, -0.2) is 18.3 Å². The molecular weight excluding hydrogens is 264 g/mol. The summed E-state index contributed by atoms with van der Waals surface area (Å²) in [6, 6.07) is 0. The molecule has 0 amide bonds. The van der Waals surface area contributed by atoms with Crippen molar-refractivity contribution >= 4 is 19.9 Å². The molecule has 18 heavy (non-hydrogen) atoms. The molecule has 0 saturated heterocycles. The summed E-state index contributed by atoms with van der Waals surface area (Å²) in [7, 11) is -1.78. The highest BCUT2D eigenvalue weighted by Crippen LogP contribution is 2.39. The van der Waals surface area contributed by atoms with Gasteiger partial charge in [0.15, 0.2) is 14.1 Å². The van der Waals surface area contributed by atoms with Crippen LogP contribution < -0.4 is 0 Å². The van der Waals surface area contributed by atoms with Gasteiger partial charge in [-0.25, -0.2) is 9.97 Å². The lowest BCUT2D eigenvalue weighted by molar-refractivity contribution is 0.193. The maximum absolute atomic E-state index is 6.24. The van der Waals surface area contributed by atoms with Gasteiger partial charge in [0, 0.05) is 18.0 Å². The van der Waals surface area contributed by atoms with Crippen LogP contribution in [0.3, 0.4) is 0 Å². The average molecular weight is 287 g/mol. The first-order valence-corrected chi connectivity index (χ1v) is 9.66. The number of rotatable bonds is 4. The van der Waals surface area contributed by atoms with Crippen molar-refractivity contribution in [1.29, 1.82) is 0 Å². The van der Waals surface area contributed by atoms with Crippen LogP contribution in [0.2, 0.25) is 18.1 Å². The maximum atomic E-state index is 6.24. The predicted molar refractivity (Wildman–Crippen MR) is 78.3 cm³/mol. The molecule has 0 aliphatic rings. The van der Waals surface area contributed by atoms with Crippen LogP contribution in [0.5, 0.6) is 0 Å². The van der Waals surface area contributed by atoms with E-state index in [1.807, 2.05) is 6.92 Å². The minimum atomic E-state index is -1.78. The van der Waals surface area contributed by atoms with Crippen LogP contribution in [0.15, 0.2) is 12.4 Å². The van der Waals surface area contributed by atoms with E-state index in [1.54, 1.807) is 12.4 Å². The van der Waals surface area contributed by atoms with Crippen molar-refractivity contribution in [3.05, 3.63) is 23.8 Å². The van der Waals surface area contributed by atoms with Crippen molar-refractivity contribution < 1.29 is 4.43 Å². The van der Waals surface area contributed by atoms with E-state index in [1.165, 1.54) is 0 Å². The summed E-state index contributed by atoms with van der Waals surface area (Å²) in [4.78, 5) is 8.63. The molecular formula is C13H23ClN2OSi. The topological polar surface area (TPSA) is 35.0 Å². The van der Waals surface area contributed by atoms with E-state index in [-0.39, 0.29) is 11.1 Å². The number of nitrogens with zero attached hydrogens (tertiary/aromatic N) is 2. The van der Waals surface area contributed by atoms with Gasteiger partial charge < -0.3 is 4.43 Å². The number of hydrogen-bond acceptors (Lipinski definition) is 3. The third-order valence-corrected chi connectivity index (χ3v) is 8.38. The molecule has 1 heterocycles. The van der Waals surface area contributed by atoms with Crippen LogP contribution in [0, 0.1) is 0 Å². The first-order chi connectivity index (χ1) is 8.17. The van der Waals surface area contributed by atoms with Crippen molar-refractivity contribution in [3.8, 4) is 0 Å². The zero-order valence-corrected chi connectivity index (χ0v) is 13.9. The SMILES string of the molecule is CC(O[Si](C)(C)C(C)(C)C)c1ncc(CCl)cn1. The largest absolute Gasteiger partial charge is 0.407 e. The molecule has 0 aromatic carbocycles. The molecule has 5 heteroatoms. The molecule has 0 bridgehead atoms. The van der Waals surface area contributed by atoms with E-state index in [0.29, 0.717) is 5.88 Å². The van der Waals surface area contributed by atoms with Crippen LogP contribution in [0.1, 0.15) is 45.2 Å². The van der Waals surface area contributed by atoms with Gasteiger partial charge in [0.1, 0.15) is 6.10 Å². The molecule has 3 nitrogen and oxygen atoms in total. The first kappa shape index (κ1) is 15.6. The fourth-order valence-corrected chi connectivity index (χ4v) is 2.80. The van der Waals surface area contributed by atoms with Gasteiger partial charge in [-0.3, -0.25) is 0 Å². The quantitative estimate of drug-likeness (QED) is 0.611. The van der Waals surface area contributed by atoms with E-state index in [9.17, 15) is 0 Å². The van der Waals surface area contributed by atoms with Crippen LogP contribution in [-0.2, 0) is 10.3 Å². The molecule has 0 aliphatic heterocycles. The van der Waals surface area contributed by atoms with Crippen molar-refractivity contribution in [3.63, 3.8) is 0 Å². The summed E-state index contributed by atoms with van der Waals surface area (Å²) in [5, 5.41) is 0.192. The summed E-state index contributed by atoms with van der Waals surface area (Å²) in [5.74, 6) is 1.17. The second-order valence-corrected chi connectivity index (χ2v) is 11.1. The Morgan fingerprint density at radius 1 is 1.28 bits per heavy atom. The van der Waals surface area contributed by atoms with Crippen molar-refractivity contribution in [1.82, 2.24) is 9.97 Å². The highest BCUT2D eigenvalue weighted by Gasteiger charge is 2.39.